The molecular weight excluding hydrogens is 246 g/mol. The van der Waals surface area contributed by atoms with Gasteiger partial charge in [-0.25, -0.2) is 9.97 Å². The summed E-state index contributed by atoms with van der Waals surface area (Å²) in [4.78, 5) is 8.94. The van der Waals surface area contributed by atoms with Gasteiger partial charge in [0.15, 0.2) is 0 Å². The van der Waals surface area contributed by atoms with Gasteiger partial charge < -0.3 is 5.73 Å². The van der Waals surface area contributed by atoms with Crippen LogP contribution in [0.4, 0.5) is 0 Å². The predicted molar refractivity (Wildman–Crippen MR) is 74.6 cm³/mol. The Morgan fingerprint density at radius 2 is 1.89 bits per heavy atom. The van der Waals surface area contributed by atoms with Crippen molar-refractivity contribution >= 4 is 11.6 Å². The highest BCUT2D eigenvalue weighted by Crippen LogP contribution is 2.20. The highest BCUT2D eigenvalue weighted by atomic mass is 35.5. The van der Waals surface area contributed by atoms with Crippen LogP contribution in [0, 0.1) is 6.92 Å². The first-order valence-electron chi connectivity index (χ1n) is 5.90. The van der Waals surface area contributed by atoms with Gasteiger partial charge in [0.2, 0.25) is 0 Å². The van der Waals surface area contributed by atoms with Crippen molar-refractivity contribution in [3.63, 3.8) is 0 Å². The molecule has 94 valence electrons. The summed E-state index contributed by atoms with van der Waals surface area (Å²) in [6, 6.07) is 9.66. The number of nitrogens with two attached hydrogens (primary N) is 1. The summed E-state index contributed by atoms with van der Waals surface area (Å²) < 4.78 is 0. The van der Waals surface area contributed by atoms with E-state index in [9.17, 15) is 0 Å². The zero-order valence-electron chi connectivity index (χ0n) is 10.5. The molecule has 4 heteroatoms. The Morgan fingerprint density at radius 3 is 2.50 bits per heavy atom. The fourth-order valence-corrected chi connectivity index (χ4v) is 1.90. The fourth-order valence-electron chi connectivity index (χ4n) is 1.78. The molecule has 0 radical (unpaired) electrons. The van der Waals surface area contributed by atoms with E-state index >= 15 is 0 Å². The van der Waals surface area contributed by atoms with E-state index in [0.717, 1.165) is 27.8 Å². The van der Waals surface area contributed by atoms with Crippen molar-refractivity contribution in [1.82, 2.24) is 9.97 Å². The normalized spacial score (nSPS) is 12.4. The fraction of sp³-hybridized carbons (Fsp3) is 0.286. The Labute approximate surface area is 112 Å². The van der Waals surface area contributed by atoms with Crippen molar-refractivity contribution in [2.24, 2.45) is 5.73 Å². The van der Waals surface area contributed by atoms with Crippen LogP contribution in [0.2, 0.25) is 5.02 Å². The van der Waals surface area contributed by atoms with Crippen LogP contribution in [0.25, 0.3) is 11.3 Å². The summed E-state index contributed by atoms with van der Waals surface area (Å²) in [5.41, 5.74) is 8.68. The maximum atomic E-state index is 5.88. The molecule has 2 N–H and O–H groups in total. The average Bonchev–Trinajstić information content (AvgIpc) is 2.28. The van der Waals surface area contributed by atoms with Crippen molar-refractivity contribution in [2.75, 3.05) is 0 Å². The highest BCUT2D eigenvalue weighted by molar-refractivity contribution is 6.30. The summed E-state index contributed by atoms with van der Waals surface area (Å²) in [6.07, 6.45) is 0.683. The number of benzene rings is 1. The molecule has 1 aromatic carbocycles. The Balaban J connectivity index is 2.38. The highest BCUT2D eigenvalue weighted by Gasteiger charge is 2.06. The van der Waals surface area contributed by atoms with Crippen molar-refractivity contribution in [2.45, 2.75) is 26.3 Å². The molecule has 1 atom stereocenters. The first-order valence-corrected chi connectivity index (χ1v) is 6.28. The number of hydrogen-bond donors (Lipinski definition) is 1. The van der Waals surface area contributed by atoms with Gasteiger partial charge in [-0.3, -0.25) is 0 Å². The maximum Gasteiger partial charge on any atom is 0.130 e. The standard InChI is InChI=1S/C14H16ClN3/c1-9(16)7-14-17-10(2)8-13(18-14)11-3-5-12(15)6-4-11/h3-6,8-9H,7,16H2,1-2H3. The number of aryl methyl sites for hydroxylation is 1. The topological polar surface area (TPSA) is 51.8 Å². The zero-order valence-corrected chi connectivity index (χ0v) is 11.3. The quantitative estimate of drug-likeness (QED) is 0.924. The minimum Gasteiger partial charge on any atom is -0.328 e. The third-order valence-corrected chi connectivity index (χ3v) is 2.80. The van der Waals surface area contributed by atoms with Crippen LogP contribution in [0.5, 0.6) is 0 Å². The molecule has 2 rings (SSSR count). The molecule has 0 spiro atoms. The van der Waals surface area contributed by atoms with Gasteiger partial charge in [-0.15, -0.1) is 0 Å². The van der Waals surface area contributed by atoms with Gasteiger partial charge in [-0.2, -0.15) is 0 Å². The van der Waals surface area contributed by atoms with Crippen LogP contribution in [-0.2, 0) is 6.42 Å². The van der Waals surface area contributed by atoms with Gasteiger partial charge in [0, 0.05) is 28.7 Å². The molecule has 0 aliphatic rings. The van der Waals surface area contributed by atoms with Crippen molar-refractivity contribution < 1.29 is 0 Å². The van der Waals surface area contributed by atoms with Crippen LogP contribution < -0.4 is 5.73 Å². The largest absolute Gasteiger partial charge is 0.328 e. The SMILES string of the molecule is Cc1cc(-c2ccc(Cl)cc2)nc(CC(C)N)n1. The Hall–Kier alpha value is -1.45. The molecule has 0 bridgehead atoms. The molecule has 1 unspecified atom stereocenters. The van der Waals surface area contributed by atoms with Crippen molar-refractivity contribution in [1.29, 1.82) is 0 Å². The third kappa shape index (κ3) is 3.28. The molecule has 0 amide bonds. The lowest BCUT2D eigenvalue weighted by Gasteiger charge is -2.08. The first-order chi connectivity index (χ1) is 8.54. The Bertz CT molecular complexity index is 535. The lowest BCUT2D eigenvalue weighted by molar-refractivity contribution is 0.700. The monoisotopic (exact) mass is 261 g/mol. The number of halogens is 1. The van der Waals surface area contributed by atoms with E-state index < -0.39 is 0 Å². The van der Waals surface area contributed by atoms with E-state index in [2.05, 4.69) is 9.97 Å². The smallest absolute Gasteiger partial charge is 0.130 e. The molecule has 0 fully saturated rings. The molecule has 0 aliphatic carbocycles. The molecule has 1 aromatic heterocycles. The summed E-state index contributed by atoms with van der Waals surface area (Å²) in [5, 5.41) is 0.723. The minimum atomic E-state index is 0.0601. The number of nitrogens with zero attached hydrogens (tertiary/aromatic N) is 2. The van der Waals surface area contributed by atoms with E-state index in [0.29, 0.717) is 6.42 Å². The lowest BCUT2D eigenvalue weighted by Crippen LogP contribution is -2.19. The summed E-state index contributed by atoms with van der Waals surface area (Å²) in [5.74, 6) is 0.787. The van der Waals surface area contributed by atoms with Gasteiger partial charge in [0.25, 0.3) is 0 Å². The number of aromatic nitrogens is 2. The summed E-state index contributed by atoms with van der Waals surface area (Å²) in [6.45, 7) is 3.92. The lowest BCUT2D eigenvalue weighted by atomic mass is 10.1. The first kappa shape index (κ1) is 13.0. The molecule has 0 saturated heterocycles. The molecule has 3 nitrogen and oxygen atoms in total. The predicted octanol–water partition coefficient (Wildman–Crippen LogP) is 3.00. The zero-order chi connectivity index (χ0) is 13.1. The second-order valence-corrected chi connectivity index (χ2v) is 4.94. The number of rotatable bonds is 3. The van der Waals surface area contributed by atoms with Gasteiger partial charge in [-0.05, 0) is 32.0 Å². The summed E-state index contributed by atoms with van der Waals surface area (Å²) in [7, 11) is 0. The second kappa shape index (κ2) is 5.46. The van der Waals surface area contributed by atoms with Crippen LogP contribution in [0.15, 0.2) is 30.3 Å². The van der Waals surface area contributed by atoms with E-state index in [1.165, 1.54) is 0 Å². The van der Waals surface area contributed by atoms with Crippen LogP contribution in [0.3, 0.4) is 0 Å². The second-order valence-electron chi connectivity index (χ2n) is 4.50. The van der Waals surface area contributed by atoms with Gasteiger partial charge >= 0.3 is 0 Å². The maximum absolute atomic E-state index is 5.88. The molecular formula is C14H16ClN3. The van der Waals surface area contributed by atoms with Gasteiger partial charge in [0.05, 0.1) is 5.69 Å². The molecule has 0 aliphatic heterocycles. The number of hydrogen-bond acceptors (Lipinski definition) is 3. The molecule has 2 aromatic rings. The minimum absolute atomic E-state index is 0.0601. The molecule has 0 saturated carbocycles. The van der Waals surface area contributed by atoms with Crippen LogP contribution in [0.1, 0.15) is 18.4 Å². The van der Waals surface area contributed by atoms with E-state index in [-0.39, 0.29) is 6.04 Å². The van der Waals surface area contributed by atoms with Crippen molar-refractivity contribution in [3.05, 3.63) is 46.9 Å². The van der Waals surface area contributed by atoms with Crippen LogP contribution in [-0.4, -0.2) is 16.0 Å². The summed E-state index contributed by atoms with van der Waals surface area (Å²) >= 11 is 5.88. The average molecular weight is 262 g/mol. The van der Waals surface area contributed by atoms with Crippen molar-refractivity contribution in [3.8, 4) is 11.3 Å². The van der Waals surface area contributed by atoms with Gasteiger partial charge in [0.1, 0.15) is 5.82 Å². The van der Waals surface area contributed by atoms with E-state index in [4.69, 9.17) is 17.3 Å². The van der Waals surface area contributed by atoms with E-state index in [1.54, 1.807) is 0 Å². The van der Waals surface area contributed by atoms with Crippen LogP contribution >= 0.6 is 11.6 Å². The molecule has 1 heterocycles. The van der Waals surface area contributed by atoms with E-state index in [1.807, 2.05) is 44.2 Å². The third-order valence-electron chi connectivity index (χ3n) is 2.55. The Kier molecular flexibility index (Phi) is 3.94. The van der Waals surface area contributed by atoms with Gasteiger partial charge in [-0.1, -0.05) is 23.7 Å². The Morgan fingerprint density at radius 1 is 1.22 bits per heavy atom. The molecule has 18 heavy (non-hydrogen) atoms.